The number of benzene rings is 2. The lowest BCUT2D eigenvalue weighted by atomic mass is 10.0. The van der Waals surface area contributed by atoms with Gasteiger partial charge in [-0.05, 0) is 10.9 Å². The van der Waals surface area contributed by atoms with Gasteiger partial charge >= 0.3 is 0 Å². The molecule has 2 aromatic rings. The van der Waals surface area contributed by atoms with E-state index in [-0.39, 0.29) is 0 Å². The third kappa shape index (κ3) is 2.42. The lowest BCUT2D eigenvalue weighted by molar-refractivity contribution is 1.09. The summed E-state index contributed by atoms with van der Waals surface area (Å²) in [6.07, 6.45) is 0.733. The maximum atomic E-state index is 6.42. The highest BCUT2D eigenvalue weighted by molar-refractivity contribution is 6.36. The fraction of sp³-hybridized carbons (Fsp3) is 0.214. The summed E-state index contributed by atoms with van der Waals surface area (Å²) in [6.45, 7) is 0. The van der Waals surface area contributed by atoms with E-state index in [1.165, 1.54) is 5.39 Å². The number of likely N-dealkylation sites (N-methyl/N-ethyl adjacent to an activating group) is 1. The van der Waals surface area contributed by atoms with Crippen molar-refractivity contribution in [3.8, 4) is 0 Å². The molecule has 0 fully saturated rings. The first kappa shape index (κ1) is 11.9. The Hall–Kier alpha value is -1.54. The minimum atomic E-state index is 0.733. The van der Waals surface area contributed by atoms with Crippen molar-refractivity contribution in [1.82, 2.24) is 5.32 Å². The Morgan fingerprint density at radius 3 is 2.71 bits per heavy atom. The van der Waals surface area contributed by atoms with Crippen LogP contribution in [0.2, 0.25) is 5.02 Å². The average Bonchev–Trinajstić information content (AvgIpc) is 2.38. The molecule has 0 amide bonds. The highest BCUT2D eigenvalue weighted by Gasteiger charge is 2.07. The summed E-state index contributed by atoms with van der Waals surface area (Å²) in [6, 6.07) is 12.3. The molecule has 0 bridgehead atoms. The number of fused-ring (bicyclic) bond motifs is 1. The monoisotopic (exact) mass is 246 g/mol. The Labute approximate surface area is 106 Å². The zero-order chi connectivity index (χ0) is 12.3. The Bertz CT molecular complexity index is 561. The summed E-state index contributed by atoms with van der Waals surface area (Å²) >= 11 is 6.42. The predicted octanol–water partition coefficient (Wildman–Crippen LogP) is 3.28. The lowest BCUT2D eigenvalue weighted by Gasteiger charge is -2.09. The van der Waals surface area contributed by atoms with E-state index >= 15 is 0 Å². The van der Waals surface area contributed by atoms with Crippen molar-refractivity contribution in [2.24, 2.45) is 4.99 Å². The Morgan fingerprint density at radius 2 is 2.00 bits per heavy atom. The van der Waals surface area contributed by atoms with Crippen molar-refractivity contribution in [3.63, 3.8) is 0 Å². The first-order chi connectivity index (χ1) is 8.26. The van der Waals surface area contributed by atoms with Gasteiger partial charge in [0.2, 0.25) is 0 Å². The maximum Gasteiger partial charge on any atom is 0.100 e. The molecule has 0 aliphatic heterocycles. The molecular weight excluding hydrogens is 232 g/mol. The molecule has 0 spiro atoms. The molecule has 0 aliphatic carbocycles. The van der Waals surface area contributed by atoms with Gasteiger partial charge < -0.3 is 5.32 Å². The van der Waals surface area contributed by atoms with Gasteiger partial charge in [-0.15, -0.1) is 0 Å². The second-order valence-corrected chi connectivity index (χ2v) is 4.23. The topological polar surface area (TPSA) is 24.4 Å². The lowest BCUT2D eigenvalue weighted by Crippen LogP contribution is -2.20. The highest BCUT2D eigenvalue weighted by Crippen LogP contribution is 2.27. The van der Waals surface area contributed by atoms with Crippen molar-refractivity contribution in [2.45, 2.75) is 6.42 Å². The number of aliphatic imine (C=N–C) groups is 1. The zero-order valence-electron chi connectivity index (χ0n) is 10.00. The number of halogens is 1. The van der Waals surface area contributed by atoms with Crippen LogP contribution >= 0.6 is 11.6 Å². The number of amidine groups is 1. The molecular formula is C14H15ClN2. The van der Waals surface area contributed by atoms with Crippen molar-refractivity contribution in [3.05, 3.63) is 47.0 Å². The van der Waals surface area contributed by atoms with E-state index < -0.39 is 0 Å². The summed E-state index contributed by atoms with van der Waals surface area (Å²) in [5.41, 5.74) is 1.10. The van der Waals surface area contributed by atoms with Crippen LogP contribution in [0.3, 0.4) is 0 Å². The fourth-order valence-corrected chi connectivity index (χ4v) is 2.18. The molecule has 0 radical (unpaired) electrons. The van der Waals surface area contributed by atoms with Gasteiger partial charge in [0.15, 0.2) is 0 Å². The van der Waals surface area contributed by atoms with Crippen LogP contribution in [-0.4, -0.2) is 19.9 Å². The zero-order valence-corrected chi connectivity index (χ0v) is 10.8. The third-order valence-corrected chi connectivity index (χ3v) is 3.31. The maximum absolute atomic E-state index is 6.42. The van der Waals surface area contributed by atoms with Gasteiger partial charge in [-0.1, -0.05) is 48.0 Å². The molecule has 0 unspecified atom stereocenters. The second kappa shape index (κ2) is 5.19. The number of hydrogen-bond acceptors (Lipinski definition) is 1. The highest BCUT2D eigenvalue weighted by atomic mass is 35.5. The van der Waals surface area contributed by atoms with Crippen LogP contribution < -0.4 is 5.32 Å². The van der Waals surface area contributed by atoms with Crippen LogP contribution in [0.15, 0.2) is 41.4 Å². The van der Waals surface area contributed by atoms with Crippen molar-refractivity contribution >= 4 is 28.2 Å². The normalized spacial score (nSPS) is 11.8. The smallest absolute Gasteiger partial charge is 0.100 e. The molecule has 0 atom stereocenters. The number of nitrogens with zero attached hydrogens (tertiary/aromatic N) is 1. The number of hydrogen-bond donors (Lipinski definition) is 1. The van der Waals surface area contributed by atoms with Crippen LogP contribution in [-0.2, 0) is 6.42 Å². The first-order valence-corrected chi connectivity index (χ1v) is 5.93. The standard InChI is InChI=1S/C14H15ClN2/c1-16-13(17-2)9-11-8-7-10-5-3-4-6-12(10)14(11)15/h3-8H,9H2,1-2H3,(H,16,17). The summed E-state index contributed by atoms with van der Waals surface area (Å²) in [7, 11) is 3.65. The van der Waals surface area contributed by atoms with E-state index in [2.05, 4.69) is 28.5 Å². The van der Waals surface area contributed by atoms with Crippen LogP contribution in [0.25, 0.3) is 10.8 Å². The van der Waals surface area contributed by atoms with Crippen molar-refractivity contribution < 1.29 is 0 Å². The quantitative estimate of drug-likeness (QED) is 0.638. The molecule has 0 heterocycles. The molecule has 3 heteroatoms. The van der Waals surface area contributed by atoms with E-state index in [0.717, 1.165) is 28.2 Å². The molecule has 2 nitrogen and oxygen atoms in total. The van der Waals surface area contributed by atoms with Gasteiger partial charge in [-0.3, -0.25) is 4.99 Å². The van der Waals surface area contributed by atoms with Crippen molar-refractivity contribution in [1.29, 1.82) is 0 Å². The molecule has 0 aromatic heterocycles. The van der Waals surface area contributed by atoms with Gasteiger partial charge in [0.25, 0.3) is 0 Å². The fourth-order valence-electron chi connectivity index (χ4n) is 1.87. The largest absolute Gasteiger partial charge is 0.377 e. The summed E-state index contributed by atoms with van der Waals surface area (Å²) in [5.74, 6) is 0.933. The van der Waals surface area contributed by atoms with Gasteiger partial charge in [-0.25, -0.2) is 0 Å². The minimum absolute atomic E-state index is 0.733. The van der Waals surface area contributed by atoms with Crippen LogP contribution in [0.4, 0.5) is 0 Å². The molecule has 17 heavy (non-hydrogen) atoms. The number of rotatable bonds is 2. The van der Waals surface area contributed by atoms with E-state index in [1.807, 2.05) is 25.2 Å². The second-order valence-electron chi connectivity index (χ2n) is 3.86. The summed E-state index contributed by atoms with van der Waals surface area (Å²) in [4.78, 5) is 4.17. The molecule has 0 saturated carbocycles. The molecule has 2 rings (SSSR count). The van der Waals surface area contributed by atoms with Crippen LogP contribution in [0.5, 0.6) is 0 Å². The predicted molar refractivity (Wildman–Crippen MR) is 75.1 cm³/mol. The first-order valence-electron chi connectivity index (χ1n) is 5.55. The van der Waals surface area contributed by atoms with E-state index in [0.29, 0.717) is 0 Å². The SMILES string of the molecule is C/N=C(/Cc1ccc2ccccc2c1Cl)NC. The van der Waals surface area contributed by atoms with Gasteiger partial charge in [0.1, 0.15) is 5.84 Å². The van der Waals surface area contributed by atoms with Gasteiger partial charge in [0.05, 0.1) is 5.02 Å². The molecule has 0 saturated heterocycles. The minimum Gasteiger partial charge on any atom is -0.377 e. The Balaban J connectivity index is 2.46. The van der Waals surface area contributed by atoms with Crippen molar-refractivity contribution in [2.75, 3.05) is 14.1 Å². The van der Waals surface area contributed by atoms with Crippen LogP contribution in [0.1, 0.15) is 5.56 Å². The molecule has 2 aromatic carbocycles. The Kier molecular flexibility index (Phi) is 3.64. The average molecular weight is 247 g/mol. The molecule has 1 N–H and O–H groups in total. The summed E-state index contributed by atoms with van der Waals surface area (Å²) in [5, 5.41) is 6.15. The van der Waals surface area contributed by atoms with E-state index in [4.69, 9.17) is 11.6 Å². The van der Waals surface area contributed by atoms with Gasteiger partial charge in [0, 0.05) is 25.9 Å². The van der Waals surface area contributed by atoms with E-state index in [9.17, 15) is 0 Å². The molecule has 88 valence electrons. The van der Waals surface area contributed by atoms with Crippen LogP contribution in [0, 0.1) is 0 Å². The Morgan fingerprint density at radius 1 is 1.24 bits per heavy atom. The number of nitrogens with one attached hydrogen (secondary N) is 1. The van der Waals surface area contributed by atoms with Gasteiger partial charge in [-0.2, -0.15) is 0 Å². The van der Waals surface area contributed by atoms with E-state index in [1.54, 1.807) is 7.05 Å². The third-order valence-electron chi connectivity index (χ3n) is 2.86. The summed E-state index contributed by atoms with van der Waals surface area (Å²) < 4.78 is 0. The molecule has 0 aliphatic rings.